The highest BCUT2D eigenvalue weighted by Gasteiger charge is 2.09. The van der Waals surface area contributed by atoms with E-state index in [9.17, 15) is 9.59 Å². The number of hydrogen-bond donors (Lipinski definition) is 2. The molecule has 0 aliphatic heterocycles. The first-order chi connectivity index (χ1) is 14.0. The molecule has 0 radical (unpaired) electrons. The van der Waals surface area contributed by atoms with Gasteiger partial charge in [-0.25, -0.2) is 5.43 Å². The quantitative estimate of drug-likeness (QED) is 0.367. The minimum atomic E-state index is -0.475. The Balaban J connectivity index is 1.87. The van der Waals surface area contributed by atoms with Crippen LogP contribution in [0.4, 0.5) is 0 Å². The first kappa shape index (κ1) is 21.9. The summed E-state index contributed by atoms with van der Waals surface area (Å²) in [7, 11) is 1.56. The fourth-order valence-electron chi connectivity index (χ4n) is 2.36. The zero-order valence-electron chi connectivity index (χ0n) is 17.0. The van der Waals surface area contributed by atoms with E-state index in [0.717, 1.165) is 11.1 Å². The highest BCUT2D eigenvalue weighted by Crippen LogP contribution is 2.28. The van der Waals surface area contributed by atoms with Crippen LogP contribution in [-0.4, -0.2) is 31.7 Å². The summed E-state index contributed by atoms with van der Waals surface area (Å²) in [6, 6.07) is 15.2. The van der Waals surface area contributed by atoms with E-state index in [1.54, 1.807) is 25.3 Å². The third kappa shape index (κ3) is 8.04. The lowest BCUT2D eigenvalue weighted by Gasteiger charge is -2.11. The summed E-state index contributed by atoms with van der Waals surface area (Å²) in [5, 5.41) is 6.57. The number of amides is 2. The molecular weight excluding hydrogens is 370 g/mol. The molecule has 29 heavy (non-hydrogen) atoms. The van der Waals surface area contributed by atoms with Crippen LogP contribution in [0.1, 0.15) is 31.4 Å². The van der Waals surface area contributed by atoms with Crippen LogP contribution in [0.3, 0.4) is 0 Å². The fourth-order valence-corrected chi connectivity index (χ4v) is 2.36. The smallest absolute Gasteiger partial charge is 0.249 e. The molecule has 0 aliphatic carbocycles. The summed E-state index contributed by atoms with van der Waals surface area (Å²) < 4.78 is 11.2. The number of benzene rings is 2. The molecule has 7 nitrogen and oxygen atoms in total. The summed E-state index contributed by atoms with van der Waals surface area (Å²) in [4.78, 5) is 23.4. The average Bonchev–Trinajstić information content (AvgIpc) is 2.71. The predicted octanol–water partition coefficient (Wildman–Crippen LogP) is 2.89. The van der Waals surface area contributed by atoms with Crippen LogP contribution in [0.15, 0.2) is 53.6 Å². The van der Waals surface area contributed by atoms with Gasteiger partial charge in [-0.2, -0.15) is 5.10 Å². The molecule has 2 aromatic carbocycles. The lowest BCUT2D eigenvalue weighted by Crippen LogP contribution is -2.32. The molecule has 0 heterocycles. The van der Waals surface area contributed by atoms with Gasteiger partial charge in [0.15, 0.2) is 11.5 Å². The number of ether oxygens (including phenoxy) is 2. The van der Waals surface area contributed by atoms with Crippen LogP contribution >= 0.6 is 0 Å². The van der Waals surface area contributed by atoms with E-state index < -0.39 is 5.91 Å². The molecule has 0 bridgehead atoms. The summed E-state index contributed by atoms with van der Waals surface area (Å²) in [5.74, 6) is 0.698. The standard InChI is InChI=1S/C22H27N3O4/c1-16(2)13-23-21(26)12-22(27)25-24-14-18-9-10-19(20(11-18)28-3)29-15-17-7-5-4-6-8-17/h4-11,14,16H,12-13,15H2,1-3H3,(H,23,26)(H,25,27)/b24-14-. The predicted molar refractivity (Wildman–Crippen MR) is 112 cm³/mol. The average molecular weight is 397 g/mol. The number of methoxy groups -OCH3 is 1. The molecule has 0 aromatic heterocycles. The van der Waals surface area contributed by atoms with Crippen molar-refractivity contribution in [2.24, 2.45) is 11.0 Å². The SMILES string of the molecule is COc1cc(/C=N\NC(=O)CC(=O)NCC(C)C)ccc1OCc1ccccc1. The molecule has 0 atom stereocenters. The van der Waals surface area contributed by atoms with Crippen LogP contribution in [-0.2, 0) is 16.2 Å². The molecule has 0 fully saturated rings. The molecular formula is C22H27N3O4. The van der Waals surface area contributed by atoms with Crippen molar-refractivity contribution in [1.29, 1.82) is 0 Å². The van der Waals surface area contributed by atoms with Gasteiger partial charge in [0.05, 0.1) is 13.3 Å². The molecule has 2 aromatic rings. The lowest BCUT2D eigenvalue weighted by molar-refractivity contribution is -0.129. The molecule has 2 rings (SSSR count). The largest absolute Gasteiger partial charge is 0.493 e. The van der Waals surface area contributed by atoms with Gasteiger partial charge in [-0.1, -0.05) is 44.2 Å². The van der Waals surface area contributed by atoms with Gasteiger partial charge in [-0.3, -0.25) is 9.59 Å². The maximum absolute atomic E-state index is 11.8. The van der Waals surface area contributed by atoms with Gasteiger partial charge in [-0.05, 0) is 35.2 Å². The van der Waals surface area contributed by atoms with E-state index >= 15 is 0 Å². The number of carbonyl (C=O) groups is 2. The van der Waals surface area contributed by atoms with E-state index in [0.29, 0.717) is 30.6 Å². The normalized spacial score (nSPS) is 10.8. The number of rotatable bonds is 10. The molecule has 0 spiro atoms. The maximum atomic E-state index is 11.8. The Labute approximate surface area is 171 Å². The highest BCUT2D eigenvalue weighted by atomic mass is 16.5. The zero-order chi connectivity index (χ0) is 21.1. The van der Waals surface area contributed by atoms with Crippen molar-refractivity contribution >= 4 is 18.0 Å². The number of hydrazone groups is 1. The van der Waals surface area contributed by atoms with E-state index in [4.69, 9.17) is 9.47 Å². The third-order valence-corrected chi connectivity index (χ3v) is 3.86. The van der Waals surface area contributed by atoms with Crippen molar-refractivity contribution in [1.82, 2.24) is 10.7 Å². The van der Waals surface area contributed by atoms with E-state index in [1.807, 2.05) is 44.2 Å². The second kappa shape index (κ2) is 11.5. The summed E-state index contributed by atoms with van der Waals surface area (Å²) >= 11 is 0. The van der Waals surface area contributed by atoms with Gasteiger partial charge in [-0.15, -0.1) is 0 Å². The first-order valence-corrected chi connectivity index (χ1v) is 9.41. The number of carbonyl (C=O) groups excluding carboxylic acids is 2. The van der Waals surface area contributed by atoms with Gasteiger partial charge >= 0.3 is 0 Å². The number of nitrogens with one attached hydrogen (secondary N) is 2. The van der Waals surface area contributed by atoms with Gasteiger partial charge in [0.1, 0.15) is 13.0 Å². The van der Waals surface area contributed by atoms with Gasteiger partial charge in [0, 0.05) is 6.54 Å². The van der Waals surface area contributed by atoms with Crippen molar-refractivity contribution in [2.45, 2.75) is 26.9 Å². The monoisotopic (exact) mass is 397 g/mol. The van der Waals surface area contributed by atoms with E-state index in [2.05, 4.69) is 15.8 Å². The first-order valence-electron chi connectivity index (χ1n) is 9.41. The Bertz CT molecular complexity index is 835. The molecule has 7 heteroatoms. The second-order valence-corrected chi connectivity index (χ2v) is 6.85. The Morgan fingerprint density at radius 3 is 2.52 bits per heavy atom. The molecule has 0 saturated carbocycles. The van der Waals surface area contributed by atoms with Crippen LogP contribution in [0.5, 0.6) is 11.5 Å². The highest BCUT2D eigenvalue weighted by molar-refractivity contribution is 5.97. The number of nitrogens with zero attached hydrogens (tertiary/aromatic N) is 1. The Morgan fingerprint density at radius 2 is 1.83 bits per heavy atom. The Kier molecular flexibility index (Phi) is 8.69. The summed E-state index contributed by atoms with van der Waals surface area (Å²) in [6.07, 6.45) is 1.22. The lowest BCUT2D eigenvalue weighted by atomic mass is 10.2. The third-order valence-electron chi connectivity index (χ3n) is 3.86. The fraction of sp³-hybridized carbons (Fsp3) is 0.318. The van der Waals surface area contributed by atoms with E-state index in [1.165, 1.54) is 6.21 Å². The molecule has 0 saturated heterocycles. The van der Waals surface area contributed by atoms with Crippen molar-refractivity contribution in [3.05, 3.63) is 59.7 Å². The van der Waals surface area contributed by atoms with Crippen LogP contribution < -0.4 is 20.2 Å². The van der Waals surface area contributed by atoms with Crippen molar-refractivity contribution in [3.63, 3.8) is 0 Å². The number of hydrogen-bond acceptors (Lipinski definition) is 5. The summed E-state index contributed by atoms with van der Waals surface area (Å²) in [5.41, 5.74) is 4.12. The summed E-state index contributed by atoms with van der Waals surface area (Å²) in [6.45, 7) is 4.93. The Morgan fingerprint density at radius 1 is 1.07 bits per heavy atom. The molecule has 2 amide bonds. The molecule has 0 aliphatic rings. The van der Waals surface area contributed by atoms with Crippen LogP contribution in [0.25, 0.3) is 0 Å². The molecule has 0 unspecified atom stereocenters. The maximum Gasteiger partial charge on any atom is 0.249 e. The zero-order valence-corrected chi connectivity index (χ0v) is 17.0. The van der Waals surface area contributed by atoms with Crippen molar-refractivity contribution in [3.8, 4) is 11.5 Å². The van der Waals surface area contributed by atoms with Gasteiger partial charge < -0.3 is 14.8 Å². The van der Waals surface area contributed by atoms with Crippen LogP contribution in [0, 0.1) is 5.92 Å². The van der Waals surface area contributed by atoms with Gasteiger partial charge in [0.25, 0.3) is 0 Å². The van der Waals surface area contributed by atoms with E-state index in [-0.39, 0.29) is 12.3 Å². The van der Waals surface area contributed by atoms with Gasteiger partial charge in [0.2, 0.25) is 11.8 Å². The topological polar surface area (TPSA) is 89.0 Å². The van der Waals surface area contributed by atoms with Crippen molar-refractivity contribution in [2.75, 3.05) is 13.7 Å². The minimum absolute atomic E-state index is 0.264. The van der Waals surface area contributed by atoms with Crippen LogP contribution in [0.2, 0.25) is 0 Å². The molecule has 2 N–H and O–H groups in total. The Hall–Kier alpha value is -3.35. The minimum Gasteiger partial charge on any atom is -0.493 e. The molecule has 154 valence electrons. The second-order valence-electron chi connectivity index (χ2n) is 6.85. The van der Waals surface area contributed by atoms with Crippen molar-refractivity contribution < 1.29 is 19.1 Å².